The summed E-state index contributed by atoms with van der Waals surface area (Å²) in [5.74, 6) is 0.108. The molecule has 1 aromatic carbocycles. The van der Waals surface area contributed by atoms with Crippen molar-refractivity contribution in [3.63, 3.8) is 0 Å². The first-order valence-corrected chi connectivity index (χ1v) is 8.67. The molecule has 0 atom stereocenters. The van der Waals surface area contributed by atoms with E-state index in [9.17, 15) is 9.59 Å². The number of urea groups is 1. The minimum atomic E-state index is -0.0681. The zero-order valence-corrected chi connectivity index (χ0v) is 13.8. The first-order chi connectivity index (χ1) is 11.2. The summed E-state index contributed by atoms with van der Waals surface area (Å²) in [5.41, 5.74) is 1.55. The number of nitrogens with one attached hydrogen (secondary N) is 1. The van der Waals surface area contributed by atoms with Gasteiger partial charge in [-0.25, -0.2) is 4.79 Å². The Kier molecular flexibility index (Phi) is 4.84. The number of carbonyl (C=O) groups excluding carboxylic acids is 2. The van der Waals surface area contributed by atoms with Crippen molar-refractivity contribution in [1.82, 2.24) is 10.2 Å². The molecule has 5 heteroatoms. The Hall–Kier alpha value is -2.04. The van der Waals surface area contributed by atoms with Crippen LogP contribution in [0.15, 0.2) is 24.3 Å². The third-order valence-corrected chi connectivity index (χ3v) is 4.90. The van der Waals surface area contributed by atoms with Gasteiger partial charge >= 0.3 is 6.03 Å². The molecule has 1 saturated heterocycles. The Morgan fingerprint density at radius 3 is 2.48 bits per heavy atom. The summed E-state index contributed by atoms with van der Waals surface area (Å²) in [7, 11) is 0. The summed E-state index contributed by atoms with van der Waals surface area (Å²) in [6.45, 7) is 4.15. The van der Waals surface area contributed by atoms with Gasteiger partial charge in [-0.3, -0.25) is 9.69 Å². The zero-order valence-electron chi connectivity index (χ0n) is 13.8. The SMILES string of the molecule is CCN(C(=O)c1ccc(N2CCNC2=O)cc1)C1CCCCC1. The number of carbonyl (C=O) groups is 2. The summed E-state index contributed by atoms with van der Waals surface area (Å²) >= 11 is 0. The molecule has 1 aromatic rings. The van der Waals surface area contributed by atoms with Gasteiger partial charge in [0.1, 0.15) is 0 Å². The van der Waals surface area contributed by atoms with Gasteiger partial charge in [0.2, 0.25) is 0 Å². The summed E-state index contributed by atoms with van der Waals surface area (Å²) in [6.07, 6.45) is 5.96. The predicted octanol–water partition coefficient (Wildman–Crippen LogP) is 3.01. The van der Waals surface area contributed by atoms with E-state index in [0.717, 1.165) is 25.1 Å². The lowest BCUT2D eigenvalue weighted by molar-refractivity contribution is 0.0648. The Morgan fingerprint density at radius 1 is 1.22 bits per heavy atom. The Bertz CT molecular complexity index is 564. The van der Waals surface area contributed by atoms with E-state index in [1.807, 2.05) is 29.2 Å². The van der Waals surface area contributed by atoms with Crippen LogP contribution in [0.4, 0.5) is 10.5 Å². The van der Waals surface area contributed by atoms with Crippen molar-refractivity contribution in [3.05, 3.63) is 29.8 Å². The Morgan fingerprint density at radius 2 is 1.91 bits per heavy atom. The van der Waals surface area contributed by atoms with Crippen molar-refractivity contribution in [2.45, 2.75) is 45.1 Å². The molecular weight excluding hydrogens is 290 g/mol. The second kappa shape index (κ2) is 7.02. The molecule has 124 valence electrons. The second-order valence-corrected chi connectivity index (χ2v) is 6.31. The van der Waals surface area contributed by atoms with E-state index in [0.29, 0.717) is 24.7 Å². The molecule has 0 aromatic heterocycles. The van der Waals surface area contributed by atoms with E-state index < -0.39 is 0 Å². The molecule has 1 heterocycles. The van der Waals surface area contributed by atoms with Crippen molar-refractivity contribution in [1.29, 1.82) is 0 Å². The van der Waals surface area contributed by atoms with Crippen LogP contribution in [-0.4, -0.2) is 42.5 Å². The standard InChI is InChI=1S/C18H25N3O2/c1-2-20(15-6-4-3-5-7-15)17(22)14-8-10-16(11-9-14)21-13-12-19-18(21)23/h8-11,15H,2-7,12-13H2,1H3,(H,19,23). The van der Waals surface area contributed by atoms with Crippen LogP contribution in [0.1, 0.15) is 49.4 Å². The number of hydrogen-bond acceptors (Lipinski definition) is 2. The first kappa shape index (κ1) is 15.8. The molecule has 1 N–H and O–H groups in total. The molecule has 1 saturated carbocycles. The number of nitrogens with zero attached hydrogens (tertiary/aromatic N) is 2. The number of benzene rings is 1. The van der Waals surface area contributed by atoms with E-state index in [2.05, 4.69) is 12.2 Å². The lowest BCUT2D eigenvalue weighted by Gasteiger charge is -2.33. The average Bonchev–Trinajstić information content (AvgIpc) is 3.02. The lowest BCUT2D eigenvalue weighted by atomic mass is 9.93. The normalized spacial score (nSPS) is 18.8. The van der Waals surface area contributed by atoms with E-state index in [1.165, 1.54) is 19.3 Å². The van der Waals surface area contributed by atoms with Gasteiger partial charge in [0.15, 0.2) is 0 Å². The van der Waals surface area contributed by atoms with Crippen LogP contribution < -0.4 is 10.2 Å². The predicted molar refractivity (Wildman–Crippen MR) is 90.8 cm³/mol. The van der Waals surface area contributed by atoms with Crippen molar-refractivity contribution in [2.75, 3.05) is 24.5 Å². The van der Waals surface area contributed by atoms with Crippen molar-refractivity contribution in [2.24, 2.45) is 0 Å². The van der Waals surface area contributed by atoms with Crippen molar-refractivity contribution < 1.29 is 9.59 Å². The largest absolute Gasteiger partial charge is 0.336 e. The minimum Gasteiger partial charge on any atom is -0.336 e. The maximum Gasteiger partial charge on any atom is 0.321 e. The van der Waals surface area contributed by atoms with Crippen LogP contribution in [0.2, 0.25) is 0 Å². The molecule has 5 nitrogen and oxygen atoms in total. The van der Waals surface area contributed by atoms with Crippen molar-refractivity contribution >= 4 is 17.6 Å². The van der Waals surface area contributed by atoms with Gasteiger partial charge in [0, 0.05) is 36.9 Å². The molecule has 0 bridgehead atoms. The molecule has 1 aliphatic heterocycles. The van der Waals surface area contributed by atoms with Crippen LogP contribution in [0.25, 0.3) is 0 Å². The fourth-order valence-electron chi connectivity index (χ4n) is 3.63. The van der Waals surface area contributed by atoms with Crippen LogP contribution in [0, 0.1) is 0 Å². The lowest BCUT2D eigenvalue weighted by Crippen LogP contribution is -2.41. The highest BCUT2D eigenvalue weighted by Crippen LogP contribution is 2.25. The van der Waals surface area contributed by atoms with Gasteiger partial charge in [-0.05, 0) is 44.0 Å². The average molecular weight is 315 g/mol. The molecule has 3 amide bonds. The van der Waals surface area contributed by atoms with E-state index in [4.69, 9.17) is 0 Å². The number of anilines is 1. The highest BCUT2D eigenvalue weighted by Gasteiger charge is 2.26. The van der Waals surface area contributed by atoms with Gasteiger partial charge in [-0.15, -0.1) is 0 Å². The fourth-order valence-corrected chi connectivity index (χ4v) is 3.63. The third kappa shape index (κ3) is 3.33. The van der Waals surface area contributed by atoms with Crippen LogP contribution in [0.5, 0.6) is 0 Å². The molecule has 23 heavy (non-hydrogen) atoms. The molecule has 1 aliphatic carbocycles. The molecule has 2 aliphatic rings. The molecule has 0 unspecified atom stereocenters. The maximum absolute atomic E-state index is 12.8. The zero-order chi connectivity index (χ0) is 16.2. The quantitative estimate of drug-likeness (QED) is 0.928. The molecule has 3 rings (SSSR count). The molecular formula is C18H25N3O2. The first-order valence-electron chi connectivity index (χ1n) is 8.67. The monoisotopic (exact) mass is 315 g/mol. The summed E-state index contributed by atoms with van der Waals surface area (Å²) in [6, 6.07) is 7.73. The van der Waals surface area contributed by atoms with Crippen LogP contribution >= 0.6 is 0 Å². The smallest absolute Gasteiger partial charge is 0.321 e. The summed E-state index contributed by atoms with van der Waals surface area (Å²) in [5, 5.41) is 2.79. The van der Waals surface area contributed by atoms with Gasteiger partial charge in [0.25, 0.3) is 5.91 Å². The van der Waals surface area contributed by atoms with Crippen LogP contribution in [-0.2, 0) is 0 Å². The third-order valence-electron chi connectivity index (χ3n) is 4.90. The highest BCUT2D eigenvalue weighted by atomic mass is 16.2. The Balaban J connectivity index is 1.72. The minimum absolute atomic E-state index is 0.0681. The molecule has 0 spiro atoms. The van der Waals surface area contributed by atoms with Gasteiger partial charge in [-0.2, -0.15) is 0 Å². The number of rotatable bonds is 4. The Labute approximate surface area is 137 Å². The van der Waals surface area contributed by atoms with Gasteiger partial charge in [0.05, 0.1) is 0 Å². The fraction of sp³-hybridized carbons (Fsp3) is 0.556. The molecule has 0 radical (unpaired) electrons. The highest BCUT2D eigenvalue weighted by molar-refractivity contribution is 5.97. The molecule has 2 fully saturated rings. The second-order valence-electron chi connectivity index (χ2n) is 6.31. The van der Waals surface area contributed by atoms with E-state index >= 15 is 0 Å². The van der Waals surface area contributed by atoms with Gasteiger partial charge in [-0.1, -0.05) is 19.3 Å². The van der Waals surface area contributed by atoms with E-state index in [-0.39, 0.29) is 11.9 Å². The van der Waals surface area contributed by atoms with Crippen molar-refractivity contribution in [3.8, 4) is 0 Å². The number of amides is 3. The maximum atomic E-state index is 12.8. The summed E-state index contributed by atoms with van der Waals surface area (Å²) in [4.78, 5) is 28.2. The van der Waals surface area contributed by atoms with Gasteiger partial charge < -0.3 is 10.2 Å². The topological polar surface area (TPSA) is 52.7 Å². The van der Waals surface area contributed by atoms with E-state index in [1.54, 1.807) is 4.90 Å². The summed E-state index contributed by atoms with van der Waals surface area (Å²) < 4.78 is 0. The van der Waals surface area contributed by atoms with Crippen LogP contribution in [0.3, 0.4) is 0 Å². The number of hydrogen-bond donors (Lipinski definition) is 1.